The van der Waals surface area contributed by atoms with Gasteiger partial charge < -0.3 is 0 Å². The van der Waals surface area contributed by atoms with Gasteiger partial charge in [-0.05, 0) is 37.0 Å². The van der Waals surface area contributed by atoms with Crippen LogP contribution in [0.2, 0.25) is 0 Å². The first kappa shape index (κ1) is 9.91. The van der Waals surface area contributed by atoms with E-state index in [0.29, 0.717) is 5.78 Å². The Hall–Kier alpha value is -0.630. The molecule has 74 valence electrons. The summed E-state index contributed by atoms with van der Waals surface area (Å²) in [7, 11) is 0. The van der Waals surface area contributed by atoms with Gasteiger partial charge in [0.2, 0.25) is 0 Å². The van der Waals surface area contributed by atoms with E-state index in [2.05, 4.69) is 28.9 Å². The number of hydrogen-bond donors (Lipinski definition) is 0. The third kappa shape index (κ3) is 1.63. The van der Waals surface area contributed by atoms with Gasteiger partial charge in [-0.3, -0.25) is 4.79 Å². The first-order valence-electron chi connectivity index (χ1n) is 4.98. The zero-order valence-corrected chi connectivity index (χ0v) is 9.80. The van der Waals surface area contributed by atoms with E-state index < -0.39 is 0 Å². The maximum absolute atomic E-state index is 11.7. The SMILES string of the molecule is Cc1cccc(Br)c1C1CCCC1=O. The van der Waals surface area contributed by atoms with Gasteiger partial charge in [-0.1, -0.05) is 28.1 Å². The Labute approximate surface area is 92.6 Å². The molecule has 0 N–H and O–H groups in total. The molecule has 1 aromatic carbocycles. The predicted molar refractivity (Wildman–Crippen MR) is 60.5 cm³/mol. The van der Waals surface area contributed by atoms with E-state index in [1.165, 1.54) is 11.1 Å². The van der Waals surface area contributed by atoms with Crippen LogP contribution in [0, 0.1) is 6.92 Å². The van der Waals surface area contributed by atoms with E-state index in [0.717, 1.165) is 23.7 Å². The van der Waals surface area contributed by atoms with Gasteiger partial charge in [-0.15, -0.1) is 0 Å². The predicted octanol–water partition coefficient (Wildman–Crippen LogP) is 3.59. The lowest BCUT2D eigenvalue weighted by Gasteiger charge is -2.13. The lowest BCUT2D eigenvalue weighted by Crippen LogP contribution is -2.06. The van der Waals surface area contributed by atoms with Gasteiger partial charge in [0.05, 0.1) is 0 Å². The van der Waals surface area contributed by atoms with E-state index in [1.54, 1.807) is 0 Å². The second-order valence-electron chi connectivity index (χ2n) is 3.88. The van der Waals surface area contributed by atoms with Crippen LogP contribution in [-0.2, 0) is 4.79 Å². The molecule has 0 aromatic heterocycles. The van der Waals surface area contributed by atoms with Crippen molar-refractivity contribution < 1.29 is 4.79 Å². The number of hydrogen-bond acceptors (Lipinski definition) is 1. The molecule has 0 radical (unpaired) electrons. The van der Waals surface area contributed by atoms with Crippen LogP contribution in [0.1, 0.15) is 36.3 Å². The third-order valence-corrected chi connectivity index (χ3v) is 3.62. The molecule has 0 aliphatic heterocycles. The molecule has 0 heterocycles. The number of carbonyl (C=O) groups excluding carboxylic acids is 1. The van der Waals surface area contributed by atoms with Crippen LogP contribution in [0.4, 0.5) is 0 Å². The summed E-state index contributed by atoms with van der Waals surface area (Å²) in [6, 6.07) is 6.11. The fourth-order valence-corrected chi connectivity index (χ4v) is 2.95. The van der Waals surface area contributed by atoms with Crippen LogP contribution in [0.15, 0.2) is 22.7 Å². The summed E-state index contributed by atoms with van der Waals surface area (Å²) in [6.07, 6.45) is 2.82. The van der Waals surface area contributed by atoms with Crippen LogP contribution in [-0.4, -0.2) is 5.78 Å². The first-order chi connectivity index (χ1) is 6.70. The van der Waals surface area contributed by atoms with Crippen LogP contribution in [0.5, 0.6) is 0 Å². The second-order valence-corrected chi connectivity index (χ2v) is 4.74. The molecule has 1 nitrogen and oxygen atoms in total. The standard InChI is InChI=1S/C12H13BrO/c1-8-4-2-6-10(13)12(8)9-5-3-7-11(9)14/h2,4,6,9H,3,5,7H2,1H3. The fourth-order valence-electron chi connectivity index (χ4n) is 2.21. The largest absolute Gasteiger partial charge is 0.299 e. The minimum atomic E-state index is 0.144. The van der Waals surface area contributed by atoms with E-state index in [9.17, 15) is 4.79 Å². The highest BCUT2D eigenvalue weighted by Gasteiger charge is 2.28. The molecule has 1 saturated carbocycles. The van der Waals surface area contributed by atoms with Gasteiger partial charge in [0, 0.05) is 16.8 Å². The minimum absolute atomic E-state index is 0.144. The van der Waals surface area contributed by atoms with Crippen molar-refractivity contribution in [2.75, 3.05) is 0 Å². The van der Waals surface area contributed by atoms with Crippen molar-refractivity contribution in [2.45, 2.75) is 32.1 Å². The van der Waals surface area contributed by atoms with Gasteiger partial charge >= 0.3 is 0 Å². The summed E-state index contributed by atoms with van der Waals surface area (Å²) in [5.41, 5.74) is 2.43. The van der Waals surface area contributed by atoms with Gasteiger partial charge in [0.15, 0.2) is 0 Å². The topological polar surface area (TPSA) is 17.1 Å². The van der Waals surface area contributed by atoms with Crippen LogP contribution in [0.25, 0.3) is 0 Å². The number of aryl methyl sites for hydroxylation is 1. The quantitative estimate of drug-likeness (QED) is 0.747. The molecule has 1 fully saturated rings. The highest BCUT2D eigenvalue weighted by molar-refractivity contribution is 9.10. The molecular weight excluding hydrogens is 240 g/mol. The molecule has 0 amide bonds. The molecule has 2 heteroatoms. The summed E-state index contributed by atoms with van der Waals surface area (Å²) in [5, 5.41) is 0. The highest BCUT2D eigenvalue weighted by atomic mass is 79.9. The van der Waals surface area contributed by atoms with E-state index in [1.807, 2.05) is 12.1 Å². The molecule has 1 atom stereocenters. The van der Waals surface area contributed by atoms with Crippen LogP contribution >= 0.6 is 15.9 Å². The molecule has 1 aliphatic rings. The number of ketones is 1. The van der Waals surface area contributed by atoms with E-state index in [4.69, 9.17) is 0 Å². The van der Waals surface area contributed by atoms with Gasteiger partial charge in [0.1, 0.15) is 5.78 Å². The van der Waals surface area contributed by atoms with Crippen molar-refractivity contribution in [3.05, 3.63) is 33.8 Å². The smallest absolute Gasteiger partial charge is 0.140 e. The Morgan fingerprint density at radius 1 is 1.43 bits per heavy atom. The Morgan fingerprint density at radius 2 is 2.21 bits per heavy atom. The summed E-state index contributed by atoms with van der Waals surface area (Å²) in [5.74, 6) is 0.547. The van der Waals surface area contributed by atoms with Crippen LogP contribution in [0.3, 0.4) is 0 Å². The van der Waals surface area contributed by atoms with Gasteiger partial charge in [0.25, 0.3) is 0 Å². The summed E-state index contributed by atoms with van der Waals surface area (Å²) in [6.45, 7) is 2.08. The van der Waals surface area contributed by atoms with Crippen molar-refractivity contribution in [1.29, 1.82) is 0 Å². The minimum Gasteiger partial charge on any atom is -0.299 e. The number of rotatable bonds is 1. The molecule has 1 aliphatic carbocycles. The van der Waals surface area contributed by atoms with Crippen molar-refractivity contribution in [3.63, 3.8) is 0 Å². The summed E-state index contributed by atoms with van der Waals surface area (Å²) in [4.78, 5) is 11.7. The average molecular weight is 253 g/mol. The average Bonchev–Trinajstić information content (AvgIpc) is 2.52. The molecule has 0 bridgehead atoms. The molecule has 0 spiro atoms. The number of carbonyl (C=O) groups is 1. The monoisotopic (exact) mass is 252 g/mol. The molecule has 0 saturated heterocycles. The lowest BCUT2D eigenvalue weighted by molar-refractivity contribution is -0.118. The second kappa shape index (κ2) is 3.85. The maximum Gasteiger partial charge on any atom is 0.140 e. The first-order valence-corrected chi connectivity index (χ1v) is 5.77. The molecule has 2 rings (SSSR count). The Balaban J connectivity index is 2.44. The zero-order valence-electron chi connectivity index (χ0n) is 8.22. The van der Waals surface area contributed by atoms with Crippen molar-refractivity contribution in [2.24, 2.45) is 0 Å². The zero-order chi connectivity index (χ0) is 10.1. The fraction of sp³-hybridized carbons (Fsp3) is 0.417. The lowest BCUT2D eigenvalue weighted by atomic mass is 9.93. The molecule has 14 heavy (non-hydrogen) atoms. The van der Waals surface area contributed by atoms with Gasteiger partial charge in [-0.2, -0.15) is 0 Å². The molecule has 1 aromatic rings. The summed E-state index contributed by atoms with van der Waals surface area (Å²) >= 11 is 3.53. The van der Waals surface area contributed by atoms with Crippen molar-refractivity contribution in [1.82, 2.24) is 0 Å². The molecular formula is C12H13BrO. The maximum atomic E-state index is 11.7. The van der Waals surface area contributed by atoms with E-state index in [-0.39, 0.29) is 5.92 Å². The normalized spacial score (nSPS) is 21.6. The van der Waals surface area contributed by atoms with Crippen LogP contribution < -0.4 is 0 Å². The summed E-state index contributed by atoms with van der Waals surface area (Å²) < 4.78 is 1.08. The Bertz CT molecular complexity index is 350. The van der Waals surface area contributed by atoms with Crippen molar-refractivity contribution >= 4 is 21.7 Å². The van der Waals surface area contributed by atoms with Crippen molar-refractivity contribution in [3.8, 4) is 0 Å². The highest BCUT2D eigenvalue weighted by Crippen LogP contribution is 2.36. The van der Waals surface area contributed by atoms with E-state index >= 15 is 0 Å². The number of Topliss-reactive ketones (excluding diaryl/α,β-unsaturated/α-hetero) is 1. The Morgan fingerprint density at radius 3 is 2.79 bits per heavy atom. The third-order valence-electron chi connectivity index (χ3n) is 2.92. The number of benzene rings is 1. The van der Waals surface area contributed by atoms with Gasteiger partial charge in [-0.25, -0.2) is 0 Å². The number of halogens is 1. The Kier molecular flexibility index (Phi) is 2.73. The molecule has 1 unspecified atom stereocenters.